The Morgan fingerprint density at radius 2 is 1.94 bits per heavy atom. The van der Waals surface area contributed by atoms with Crippen molar-refractivity contribution in [2.75, 3.05) is 20.1 Å². The van der Waals surface area contributed by atoms with Crippen LogP contribution in [0.1, 0.15) is 49.9 Å². The fourth-order valence-electron chi connectivity index (χ4n) is 4.67. The van der Waals surface area contributed by atoms with Gasteiger partial charge in [0.05, 0.1) is 6.54 Å². The van der Waals surface area contributed by atoms with E-state index in [0.29, 0.717) is 12.5 Å². The van der Waals surface area contributed by atoms with Crippen molar-refractivity contribution in [3.05, 3.63) is 54.1 Å². The molecule has 7 nitrogen and oxygen atoms in total. The third kappa shape index (κ3) is 6.46. The van der Waals surface area contributed by atoms with Crippen molar-refractivity contribution < 1.29 is 4.79 Å². The maximum atomic E-state index is 12.8. The van der Waals surface area contributed by atoms with E-state index in [1.807, 2.05) is 23.4 Å². The van der Waals surface area contributed by atoms with Gasteiger partial charge in [0, 0.05) is 51.0 Å². The summed E-state index contributed by atoms with van der Waals surface area (Å²) < 4.78 is 2.15. The van der Waals surface area contributed by atoms with Crippen LogP contribution in [0.5, 0.6) is 0 Å². The van der Waals surface area contributed by atoms with Crippen LogP contribution in [-0.4, -0.2) is 52.5 Å². The van der Waals surface area contributed by atoms with Crippen LogP contribution in [0.4, 0.5) is 0 Å². The molecule has 2 aliphatic rings. The number of benzene rings is 1. The number of hydrogen-bond donors (Lipinski definition) is 2. The normalized spacial score (nSPS) is 19.5. The number of nitrogens with one attached hydrogen (secondary N) is 2. The second-order valence-corrected chi connectivity index (χ2v) is 8.63. The molecule has 1 aliphatic heterocycles. The fourth-order valence-corrected chi connectivity index (χ4v) is 4.67. The average Bonchev–Trinajstić information content (AvgIpc) is 3.47. The predicted octanol–water partition coefficient (Wildman–Crippen LogP) is 3.40. The van der Waals surface area contributed by atoms with Gasteiger partial charge in [-0.2, -0.15) is 0 Å². The van der Waals surface area contributed by atoms with Crippen LogP contribution in [0, 0.1) is 5.92 Å². The van der Waals surface area contributed by atoms with Gasteiger partial charge in [-0.1, -0.05) is 49.6 Å². The lowest BCUT2D eigenvalue weighted by molar-refractivity contribution is -0.135. The third-order valence-corrected chi connectivity index (χ3v) is 6.43. The lowest BCUT2D eigenvalue weighted by atomic mass is 9.88. The average molecular weight is 550 g/mol. The highest BCUT2D eigenvalue weighted by molar-refractivity contribution is 14.0. The summed E-state index contributed by atoms with van der Waals surface area (Å²) in [5, 5.41) is 6.88. The van der Waals surface area contributed by atoms with Crippen LogP contribution in [0.25, 0.3) is 0 Å². The maximum Gasteiger partial charge on any atom is 0.225 e. The molecule has 1 saturated heterocycles. The first kappa shape index (κ1) is 24.5. The molecule has 32 heavy (non-hydrogen) atoms. The molecule has 4 rings (SSSR count). The Balaban J connectivity index is 0.00000289. The second-order valence-electron chi connectivity index (χ2n) is 8.63. The minimum atomic E-state index is 0. The van der Waals surface area contributed by atoms with E-state index in [2.05, 4.69) is 49.4 Å². The number of halogens is 1. The zero-order valence-corrected chi connectivity index (χ0v) is 21.2. The molecule has 1 atom stereocenters. The van der Waals surface area contributed by atoms with Gasteiger partial charge in [0.2, 0.25) is 5.91 Å². The van der Waals surface area contributed by atoms with E-state index < -0.39 is 0 Å². The molecule has 1 saturated carbocycles. The number of aromatic nitrogens is 2. The van der Waals surface area contributed by atoms with Crippen molar-refractivity contribution in [3.8, 4) is 0 Å². The Kier molecular flexibility index (Phi) is 9.37. The summed E-state index contributed by atoms with van der Waals surface area (Å²) in [6, 6.07) is 10.6. The highest BCUT2D eigenvalue weighted by Crippen LogP contribution is 2.26. The first-order chi connectivity index (χ1) is 15.2. The van der Waals surface area contributed by atoms with E-state index >= 15 is 0 Å². The van der Waals surface area contributed by atoms with Gasteiger partial charge in [-0.05, 0) is 24.8 Å². The van der Waals surface area contributed by atoms with E-state index in [9.17, 15) is 4.79 Å². The van der Waals surface area contributed by atoms with Gasteiger partial charge < -0.3 is 20.1 Å². The molecule has 1 aliphatic carbocycles. The number of rotatable bonds is 6. The number of amides is 1. The van der Waals surface area contributed by atoms with Gasteiger partial charge in [-0.15, -0.1) is 24.0 Å². The summed E-state index contributed by atoms with van der Waals surface area (Å²) in [5.41, 5.74) is 1.25. The van der Waals surface area contributed by atoms with Crippen molar-refractivity contribution in [1.82, 2.24) is 25.1 Å². The number of imidazole rings is 1. The molecule has 8 heteroatoms. The lowest BCUT2D eigenvalue weighted by Crippen LogP contribution is -2.45. The molecular weight excluding hydrogens is 515 g/mol. The summed E-state index contributed by atoms with van der Waals surface area (Å²) in [5.74, 6) is 2.32. The van der Waals surface area contributed by atoms with Gasteiger partial charge in [0.1, 0.15) is 5.82 Å². The first-order valence-corrected chi connectivity index (χ1v) is 11.5. The number of carbonyl (C=O) groups excluding carboxylic acids is 1. The number of carbonyl (C=O) groups is 1. The number of aliphatic imine (C=N–C) groups is 1. The van der Waals surface area contributed by atoms with Crippen LogP contribution in [0.2, 0.25) is 0 Å². The molecule has 0 radical (unpaired) electrons. The van der Waals surface area contributed by atoms with E-state index in [0.717, 1.165) is 50.7 Å². The van der Waals surface area contributed by atoms with Crippen molar-refractivity contribution in [3.63, 3.8) is 0 Å². The Hall–Kier alpha value is -2.10. The number of guanidine groups is 1. The molecule has 1 aromatic carbocycles. The molecule has 1 unspecified atom stereocenters. The van der Waals surface area contributed by atoms with Gasteiger partial charge in [-0.3, -0.25) is 9.79 Å². The Labute approximate surface area is 208 Å². The lowest BCUT2D eigenvalue weighted by Gasteiger charge is -2.26. The quantitative estimate of drug-likeness (QED) is 0.329. The summed E-state index contributed by atoms with van der Waals surface area (Å²) in [6.45, 7) is 2.99. The smallest absolute Gasteiger partial charge is 0.225 e. The fraction of sp³-hybridized carbons (Fsp3) is 0.542. The number of nitrogens with zero attached hydrogens (tertiary/aromatic N) is 4. The summed E-state index contributed by atoms with van der Waals surface area (Å²) in [4.78, 5) is 23.7. The predicted molar refractivity (Wildman–Crippen MR) is 138 cm³/mol. The first-order valence-electron chi connectivity index (χ1n) is 11.5. The molecule has 2 N–H and O–H groups in total. The molecule has 0 bridgehead atoms. The van der Waals surface area contributed by atoms with Crippen molar-refractivity contribution in [1.29, 1.82) is 0 Å². The Morgan fingerprint density at radius 3 is 2.69 bits per heavy atom. The molecular formula is C24H35IN6O. The van der Waals surface area contributed by atoms with Gasteiger partial charge >= 0.3 is 0 Å². The molecule has 2 heterocycles. The Morgan fingerprint density at radius 1 is 1.16 bits per heavy atom. The van der Waals surface area contributed by atoms with Crippen molar-refractivity contribution in [2.24, 2.45) is 10.9 Å². The van der Waals surface area contributed by atoms with Crippen molar-refractivity contribution >= 4 is 35.8 Å². The zero-order valence-electron chi connectivity index (χ0n) is 18.9. The minimum absolute atomic E-state index is 0. The summed E-state index contributed by atoms with van der Waals surface area (Å²) in [6.07, 6.45) is 10.6. The maximum absolute atomic E-state index is 12.8. The molecule has 1 aromatic heterocycles. The largest absolute Gasteiger partial charge is 0.352 e. The molecule has 0 spiro atoms. The molecule has 2 aromatic rings. The van der Waals surface area contributed by atoms with Crippen LogP contribution in [0.3, 0.4) is 0 Å². The molecule has 174 valence electrons. The second kappa shape index (κ2) is 12.2. The number of hydrogen-bond acceptors (Lipinski definition) is 3. The topological polar surface area (TPSA) is 74.6 Å². The molecule has 2 fully saturated rings. The van der Waals surface area contributed by atoms with Crippen LogP contribution >= 0.6 is 24.0 Å². The number of likely N-dealkylation sites (tertiary alicyclic amines) is 1. The minimum Gasteiger partial charge on any atom is -0.352 e. The van der Waals surface area contributed by atoms with E-state index in [4.69, 9.17) is 0 Å². The third-order valence-electron chi connectivity index (χ3n) is 6.43. The summed E-state index contributed by atoms with van der Waals surface area (Å²) >= 11 is 0. The van der Waals surface area contributed by atoms with Gasteiger partial charge in [0.25, 0.3) is 0 Å². The van der Waals surface area contributed by atoms with Crippen molar-refractivity contribution in [2.45, 2.75) is 57.7 Å². The zero-order chi connectivity index (χ0) is 21.5. The Bertz CT molecular complexity index is 878. The SMILES string of the molecule is CN=C(NCc1nccn1Cc1ccccc1)NC1CCN(C(=O)C2CCCCC2)C1.I. The van der Waals surface area contributed by atoms with Gasteiger partial charge in [0.15, 0.2) is 5.96 Å². The van der Waals surface area contributed by atoms with Crippen LogP contribution < -0.4 is 10.6 Å². The van der Waals surface area contributed by atoms with E-state index in [1.54, 1.807) is 7.05 Å². The van der Waals surface area contributed by atoms with Crippen LogP contribution in [-0.2, 0) is 17.9 Å². The molecule has 1 amide bonds. The highest BCUT2D eigenvalue weighted by Gasteiger charge is 2.31. The van der Waals surface area contributed by atoms with Gasteiger partial charge in [-0.25, -0.2) is 4.98 Å². The van der Waals surface area contributed by atoms with E-state index in [1.165, 1.54) is 24.8 Å². The highest BCUT2D eigenvalue weighted by atomic mass is 127. The summed E-state index contributed by atoms with van der Waals surface area (Å²) in [7, 11) is 1.78. The monoisotopic (exact) mass is 550 g/mol. The van der Waals surface area contributed by atoms with Crippen LogP contribution in [0.15, 0.2) is 47.7 Å². The standard InChI is InChI=1S/C24H34N6O.HI/c1-25-24(27-16-22-26-13-15-29(22)17-19-8-4-2-5-9-19)28-21-12-14-30(18-21)23(31)20-10-6-3-7-11-20;/h2,4-5,8-9,13,15,20-21H,3,6-7,10-12,14,16-18H2,1H3,(H2,25,27,28);1H. The van der Waals surface area contributed by atoms with E-state index in [-0.39, 0.29) is 35.9 Å².